The fourth-order valence-electron chi connectivity index (χ4n) is 2.89. The predicted octanol–water partition coefficient (Wildman–Crippen LogP) is 6.88. The molecular formula is C20H32. The highest BCUT2D eigenvalue weighted by Crippen LogP contribution is 2.25. The second kappa shape index (κ2) is 11.8. The molecule has 20 heavy (non-hydrogen) atoms. The van der Waals surface area contributed by atoms with Crippen LogP contribution in [0.5, 0.6) is 0 Å². The van der Waals surface area contributed by atoms with Crippen molar-refractivity contribution in [1.29, 1.82) is 0 Å². The van der Waals surface area contributed by atoms with Crippen LogP contribution in [0.25, 0.3) is 0 Å². The van der Waals surface area contributed by atoms with E-state index >= 15 is 0 Å². The lowest BCUT2D eigenvalue weighted by Crippen LogP contribution is -1.97. The van der Waals surface area contributed by atoms with Crippen molar-refractivity contribution in [2.24, 2.45) is 0 Å². The summed E-state index contributed by atoms with van der Waals surface area (Å²) in [7, 11) is 0. The highest BCUT2D eigenvalue weighted by atomic mass is 14.1. The molecule has 0 aliphatic heterocycles. The molecule has 1 aromatic rings. The lowest BCUT2D eigenvalue weighted by Gasteiger charge is -2.15. The first-order valence-corrected chi connectivity index (χ1v) is 8.54. The van der Waals surface area contributed by atoms with Gasteiger partial charge in [-0.2, -0.15) is 0 Å². The molecule has 0 heterocycles. The number of allylic oxidation sites excluding steroid dienone is 1. The first kappa shape index (κ1) is 17.0. The highest BCUT2D eigenvalue weighted by Gasteiger charge is 2.07. The molecule has 0 amide bonds. The minimum atomic E-state index is 0.767. The molecule has 0 spiro atoms. The molecule has 1 aromatic carbocycles. The fourth-order valence-corrected chi connectivity index (χ4v) is 2.89. The van der Waals surface area contributed by atoms with Crippen LogP contribution >= 0.6 is 0 Å². The third kappa shape index (κ3) is 7.53. The SMILES string of the molecule is C=CCCCCCCCCCC(CC)c1ccccc1. The summed E-state index contributed by atoms with van der Waals surface area (Å²) >= 11 is 0. The molecule has 0 N–H and O–H groups in total. The normalized spacial score (nSPS) is 12.2. The van der Waals surface area contributed by atoms with Gasteiger partial charge in [0.2, 0.25) is 0 Å². The Balaban J connectivity index is 2.03. The molecule has 0 nitrogen and oxygen atoms in total. The summed E-state index contributed by atoms with van der Waals surface area (Å²) in [5, 5.41) is 0. The molecule has 0 aliphatic carbocycles. The molecule has 1 rings (SSSR count). The van der Waals surface area contributed by atoms with Crippen molar-refractivity contribution in [2.75, 3.05) is 0 Å². The van der Waals surface area contributed by atoms with Crippen LogP contribution in [-0.4, -0.2) is 0 Å². The van der Waals surface area contributed by atoms with Gasteiger partial charge >= 0.3 is 0 Å². The van der Waals surface area contributed by atoms with Gasteiger partial charge in [-0.05, 0) is 37.2 Å². The Labute approximate surface area is 126 Å². The van der Waals surface area contributed by atoms with Gasteiger partial charge in [0.25, 0.3) is 0 Å². The zero-order valence-corrected chi connectivity index (χ0v) is 13.3. The summed E-state index contributed by atoms with van der Waals surface area (Å²) in [6.07, 6.45) is 15.6. The second-order valence-electron chi connectivity index (χ2n) is 5.86. The van der Waals surface area contributed by atoms with Crippen molar-refractivity contribution in [1.82, 2.24) is 0 Å². The van der Waals surface area contributed by atoms with Crippen molar-refractivity contribution in [3.63, 3.8) is 0 Å². The number of benzene rings is 1. The maximum atomic E-state index is 3.77. The fraction of sp³-hybridized carbons (Fsp3) is 0.600. The zero-order valence-electron chi connectivity index (χ0n) is 13.3. The summed E-state index contributed by atoms with van der Waals surface area (Å²) in [4.78, 5) is 0. The number of hydrogen-bond acceptors (Lipinski definition) is 0. The van der Waals surface area contributed by atoms with Crippen molar-refractivity contribution >= 4 is 0 Å². The lowest BCUT2D eigenvalue weighted by atomic mass is 9.91. The Morgan fingerprint density at radius 3 is 2.10 bits per heavy atom. The van der Waals surface area contributed by atoms with Gasteiger partial charge in [0.1, 0.15) is 0 Å². The number of hydrogen-bond donors (Lipinski definition) is 0. The number of rotatable bonds is 12. The predicted molar refractivity (Wildman–Crippen MR) is 91.2 cm³/mol. The molecule has 0 saturated carbocycles. The van der Waals surface area contributed by atoms with E-state index in [1.54, 1.807) is 0 Å². The second-order valence-corrected chi connectivity index (χ2v) is 5.86. The summed E-state index contributed by atoms with van der Waals surface area (Å²) < 4.78 is 0. The van der Waals surface area contributed by atoms with Gasteiger partial charge in [-0.3, -0.25) is 0 Å². The largest absolute Gasteiger partial charge is 0.103 e. The van der Waals surface area contributed by atoms with Crippen molar-refractivity contribution < 1.29 is 0 Å². The minimum absolute atomic E-state index is 0.767. The van der Waals surface area contributed by atoms with E-state index in [0.717, 1.165) is 5.92 Å². The van der Waals surface area contributed by atoms with Gasteiger partial charge in [-0.15, -0.1) is 6.58 Å². The first-order chi connectivity index (χ1) is 9.88. The average molecular weight is 272 g/mol. The summed E-state index contributed by atoms with van der Waals surface area (Å²) in [6, 6.07) is 11.0. The maximum absolute atomic E-state index is 3.77. The topological polar surface area (TPSA) is 0 Å². The smallest absolute Gasteiger partial charge is 0.0165 e. The average Bonchev–Trinajstić information content (AvgIpc) is 2.50. The first-order valence-electron chi connectivity index (χ1n) is 8.54. The molecule has 0 aliphatic rings. The summed E-state index contributed by atoms with van der Waals surface area (Å²) in [6.45, 7) is 6.09. The zero-order chi connectivity index (χ0) is 14.5. The van der Waals surface area contributed by atoms with E-state index in [4.69, 9.17) is 0 Å². The van der Waals surface area contributed by atoms with E-state index in [9.17, 15) is 0 Å². The van der Waals surface area contributed by atoms with Crippen LogP contribution < -0.4 is 0 Å². The van der Waals surface area contributed by atoms with E-state index < -0.39 is 0 Å². The Morgan fingerprint density at radius 2 is 1.50 bits per heavy atom. The van der Waals surface area contributed by atoms with E-state index in [0.29, 0.717) is 0 Å². The van der Waals surface area contributed by atoms with Gasteiger partial charge < -0.3 is 0 Å². The van der Waals surface area contributed by atoms with Crippen LogP contribution in [0.1, 0.15) is 82.6 Å². The van der Waals surface area contributed by atoms with Crippen LogP contribution in [0.4, 0.5) is 0 Å². The van der Waals surface area contributed by atoms with Gasteiger partial charge in [-0.1, -0.05) is 81.9 Å². The molecular weight excluding hydrogens is 240 g/mol. The molecule has 1 unspecified atom stereocenters. The van der Waals surface area contributed by atoms with Crippen LogP contribution in [0.2, 0.25) is 0 Å². The maximum Gasteiger partial charge on any atom is -0.0165 e. The molecule has 1 atom stereocenters. The molecule has 0 saturated heterocycles. The summed E-state index contributed by atoms with van der Waals surface area (Å²) in [5.74, 6) is 0.767. The van der Waals surface area contributed by atoms with Crippen LogP contribution in [-0.2, 0) is 0 Å². The molecule has 0 fully saturated rings. The van der Waals surface area contributed by atoms with E-state index in [1.807, 2.05) is 6.08 Å². The molecule has 112 valence electrons. The monoisotopic (exact) mass is 272 g/mol. The Kier molecular flexibility index (Phi) is 10.0. The Hall–Kier alpha value is -1.04. The Bertz CT molecular complexity index is 325. The van der Waals surface area contributed by atoms with Crippen LogP contribution in [0.15, 0.2) is 43.0 Å². The molecule has 0 bridgehead atoms. The van der Waals surface area contributed by atoms with Crippen molar-refractivity contribution in [3.05, 3.63) is 48.6 Å². The third-order valence-electron chi connectivity index (χ3n) is 4.22. The van der Waals surface area contributed by atoms with E-state index in [1.165, 1.54) is 69.8 Å². The highest BCUT2D eigenvalue weighted by molar-refractivity contribution is 5.19. The van der Waals surface area contributed by atoms with Gasteiger partial charge in [0.15, 0.2) is 0 Å². The van der Waals surface area contributed by atoms with Crippen LogP contribution in [0.3, 0.4) is 0 Å². The third-order valence-corrected chi connectivity index (χ3v) is 4.22. The van der Waals surface area contributed by atoms with Crippen molar-refractivity contribution in [2.45, 2.75) is 77.0 Å². The van der Waals surface area contributed by atoms with Crippen molar-refractivity contribution in [3.8, 4) is 0 Å². The molecule has 0 aromatic heterocycles. The summed E-state index contributed by atoms with van der Waals surface area (Å²) in [5.41, 5.74) is 1.53. The molecule has 0 radical (unpaired) electrons. The quantitative estimate of drug-likeness (QED) is 0.287. The van der Waals surface area contributed by atoms with Gasteiger partial charge in [0.05, 0.1) is 0 Å². The standard InChI is InChI=1S/C20H32/c1-3-5-6-7-8-9-10-11-13-16-19(4-2)20-17-14-12-15-18-20/h3,12,14-15,17-19H,1,4-11,13,16H2,2H3. The van der Waals surface area contributed by atoms with Crippen LogP contribution in [0, 0.1) is 0 Å². The Morgan fingerprint density at radius 1 is 0.900 bits per heavy atom. The minimum Gasteiger partial charge on any atom is -0.103 e. The lowest BCUT2D eigenvalue weighted by molar-refractivity contribution is 0.523. The van der Waals surface area contributed by atoms with Gasteiger partial charge in [0, 0.05) is 0 Å². The van der Waals surface area contributed by atoms with Gasteiger partial charge in [-0.25, -0.2) is 0 Å². The van der Waals surface area contributed by atoms with E-state index in [2.05, 4.69) is 43.8 Å². The van der Waals surface area contributed by atoms with E-state index in [-0.39, 0.29) is 0 Å². The molecule has 0 heteroatoms. The number of unbranched alkanes of at least 4 members (excludes halogenated alkanes) is 7.